The van der Waals surface area contributed by atoms with Crippen LogP contribution in [0.5, 0.6) is 0 Å². The molecule has 0 unspecified atom stereocenters. The third kappa shape index (κ3) is 4.64. The summed E-state index contributed by atoms with van der Waals surface area (Å²) in [5.41, 5.74) is -0.334. The highest BCUT2D eigenvalue weighted by Gasteiger charge is 2.26. The van der Waals surface area contributed by atoms with Crippen LogP contribution in [0.1, 0.15) is 33.6 Å². The van der Waals surface area contributed by atoms with E-state index in [1.165, 1.54) is 0 Å². The molecule has 1 saturated heterocycles. The third-order valence-electron chi connectivity index (χ3n) is 3.25. The highest BCUT2D eigenvalue weighted by atomic mass is 16.2. The molecule has 2 amide bonds. The summed E-state index contributed by atoms with van der Waals surface area (Å²) in [5, 5.41) is 5.71. The first-order valence-electron chi connectivity index (χ1n) is 6.57. The Kier molecular flexibility index (Phi) is 5.14. The summed E-state index contributed by atoms with van der Waals surface area (Å²) in [6.07, 6.45) is 1.83. The molecule has 2 N–H and O–H groups in total. The molecule has 1 aliphatic rings. The van der Waals surface area contributed by atoms with Crippen LogP contribution in [0.3, 0.4) is 0 Å². The predicted octanol–water partition coefficient (Wildman–Crippen LogP) is 0.359. The van der Waals surface area contributed by atoms with Gasteiger partial charge in [-0.25, -0.2) is 0 Å². The van der Waals surface area contributed by atoms with E-state index in [1.807, 2.05) is 20.8 Å². The molecule has 0 aromatic heterocycles. The van der Waals surface area contributed by atoms with E-state index >= 15 is 0 Å². The lowest BCUT2D eigenvalue weighted by molar-refractivity contribution is -0.130. The molecule has 0 aromatic rings. The first-order chi connectivity index (χ1) is 8.32. The molecular weight excluding hydrogens is 230 g/mol. The molecule has 0 spiro atoms. The molecule has 1 heterocycles. The number of hydrogen-bond acceptors (Lipinski definition) is 3. The van der Waals surface area contributed by atoms with Crippen molar-refractivity contribution in [2.75, 3.05) is 26.7 Å². The van der Waals surface area contributed by atoms with Gasteiger partial charge in [0.15, 0.2) is 0 Å². The molecule has 5 heteroatoms. The zero-order chi connectivity index (χ0) is 13.8. The van der Waals surface area contributed by atoms with Crippen LogP contribution in [-0.4, -0.2) is 49.4 Å². The molecule has 0 aliphatic carbocycles. The van der Waals surface area contributed by atoms with Gasteiger partial charge in [0.25, 0.3) is 0 Å². The smallest absolute Gasteiger partial charge is 0.233 e. The van der Waals surface area contributed by atoms with Gasteiger partial charge in [0, 0.05) is 31.6 Å². The van der Waals surface area contributed by atoms with E-state index in [0.29, 0.717) is 6.54 Å². The average molecular weight is 255 g/mol. The van der Waals surface area contributed by atoms with E-state index in [-0.39, 0.29) is 23.3 Å². The van der Waals surface area contributed by atoms with Crippen molar-refractivity contribution in [2.45, 2.75) is 39.7 Å². The van der Waals surface area contributed by atoms with Crippen molar-refractivity contribution < 1.29 is 9.59 Å². The molecule has 1 rings (SSSR count). The van der Waals surface area contributed by atoms with Gasteiger partial charge in [-0.1, -0.05) is 20.8 Å². The standard InChI is InChI=1S/C13H25N3O2/c1-13(2,3)12(18)15-10-5-7-16(8-6-10)9-11(17)14-4/h10H,5-9H2,1-4H3,(H,14,17)(H,15,18). The van der Waals surface area contributed by atoms with Gasteiger partial charge in [-0.15, -0.1) is 0 Å². The summed E-state index contributed by atoms with van der Waals surface area (Å²) >= 11 is 0. The first-order valence-corrected chi connectivity index (χ1v) is 6.57. The number of carbonyl (C=O) groups excluding carboxylic acids is 2. The van der Waals surface area contributed by atoms with Gasteiger partial charge in [-0.3, -0.25) is 14.5 Å². The number of carbonyl (C=O) groups is 2. The number of amides is 2. The Bertz CT molecular complexity index is 302. The molecule has 1 aliphatic heterocycles. The van der Waals surface area contributed by atoms with Crippen molar-refractivity contribution in [2.24, 2.45) is 5.41 Å². The molecule has 0 bridgehead atoms. The van der Waals surface area contributed by atoms with E-state index in [0.717, 1.165) is 25.9 Å². The summed E-state index contributed by atoms with van der Waals surface area (Å²) in [7, 11) is 1.65. The monoisotopic (exact) mass is 255 g/mol. The number of hydrogen-bond donors (Lipinski definition) is 2. The summed E-state index contributed by atoms with van der Waals surface area (Å²) in [6, 6.07) is 0.248. The van der Waals surface area contributed by atoms with Crippen LogP contribution in [0.4, 0.5) is 0 Å². The number of likely N-dealkylation sites (N-methyl/N-ethyl adjacent to an activating group) is 1. The lowest BCUT2D eigenvalue weighted by atomic mass is 9.94. The van der Waals surface area contributed by atoms with Crippen LogP contribution in [-0.2, 0) is 9.59 Å². The molecule has 0 aromatic carbocycles. The molecule has 104 valence electrons. The normalized spacial score (nSPS) is 18.4. The average Bonchev–Trinajstić information content (AvgIpc) is 2.30. The van der Waals surface area contributed by atoms with Crippen LogP contribution in [0.15, 0.2) is 0 Å². The topological polar surface area (TPSA) is 61.4 Å². The van der Waals surface area contributed by atoms with Gasteiger partial charge < -0.3 is 10.6 Å². The van der Waals surface area contributed by atoms with Crippen LogP contribution >= 0.6 is 0 Å². The Morgan fingerprint density at radius 2 is 1.78 bits per heavy atom. The Balaban J connectivity index is 2.32. The largest absolute Gasteiger partial charge is 0.358 e. The summed E-state index contributed by atoms with van der Waals surface area (Å²) in [6.45, 7) is 7.94. The zero-order valence-corrected chi connectivity index (χ0v) is 11.9. The number of piperidine rings is 1. The molecule has 0 saturated carbocycles. The highest BCUT2D eigenvalue weighted by Crippen LogP contribution is 2.16. The van der Waals surface area contributed by atoms with E-state index < -0.39 is 0 Å². The number of nitrogens with one attached hydrogen (secondary N) is 2. The van der Waals surface area contributed by atoms with E-state index in [4.69, 9.17) is 0 Å². The van der Waals surface area contributed by atoms with Crippen LogP contribution in [0.2, 0.25) is 0 Å². The predicted molar refractivity (Wildman–Crippen MR) is 71.1 cm³/mol. The van der Waals surface area contributed by atoms with Crippen LogP contribution in [0, 0.1) is 5.41 Å². The maximum atomic E-state index is 11.8. The lowest BCUT2D eigenvalue weighted by Gasteiger charge is -2.33. The lowest BCUT2D eigenvalue weighted by Crippen LogP contribution is -2.49. The summed E-state index contributed by atoms with van der Waals surface area (Å²) in [5.74, 6) is 0.152. The second kappa shape index (κ2) is 6.18. The maximum absolute atomic E-state index is 11.8. The fourth-order valence-electron chi connectivity index (χ4n) is 1.92. The van der Waals surface area contributed by atoms with Crippen LogP contribution in [0.25, 0.3) is 0 Å². The molecular formula is C13H25N3O2. The molecule has 1 fully saturated rings. The SMILES string of the molecule is CNC(=O)CN1CCC(NC(=O)C(C)(C)C)CC1. The number of likely N-dealkylation sites (tertiary alicyclic amines) is 1. The Morgan fingerprint density at radius 3 is 2.22 bits per heavy atom. The number of nitrogens with zero attached hydrogens (tertiary/aromatic N) is 1. The van der Waals surface area contributed by atoms with Crippen LogP contribution < -0.4 is 10.6 Å². The minimum Gasteiger partial charge on any atom is -0.358 e. The second-order valence-electron chi connectivity index (χ2n) is 5.95. The van der Waals surface area contributed by atoms with Crippen molar-refractivity contribution in [3.05, 3.63) is 0 Å². The van der Waals surface area contributed by atoms with E-state index in [2.05, 4.69) is 15.5 Å². The van der Waals surface area contributed by atoms with Crippen molar-refractivity contribution in [1.82, 2.24) is 15.5 Å². The van der Waals surface area contributed by atoms with Crippen molar-refractivity contribution in [3.8, 4) is 0 Å². The highest BCUT2D eigenvalue weighted by molar-refractivity contribution is 5.81. The number of rotatable bonds is 3. The van der Waals surface area contributed by atoms with Crippen molar-refractivity contribution in [3.63, 3.8) is 0 Å². The fourth-order valence-corrected chi connectivity index (χ4v) is 1.92. The molecule has 0 atom stereocenters. The molecule has 18 heavy (non-hydrogen) atoms. The quantitative estimate of drug-likeness (QED) is 0.765. The van der Waals surface area contributed by atoms with Gasteiger partial charge in [0.2, 0.25) is 11.8 Å². The Morgan fingerprint density at radius 1 is 1.22 bits per heavy atom. The second-order valence-corrected chi connectivity index (χ2v) is 5.95. The van der Waals surface area contributed by atoms with Gasteiger partial charge >= 0.3 is 0 Å². The minimum absolute atomic E-state index is 0.0483. The van der Waals surface area contributed by atoms with Gasteiger partial charge in [-0.2, -0.15) is 0 Å². The van der Waals surface area contributed by atoms with E-state index in [9.17, 15) is 9.59 Å². The first kappa shape index (κ1) is 15.0. The Labute approximate surface area is 109 Å². The van der Waals surface area contributed by atoms with Crippen molar-refractivity contribution >= 4 is 11.8 Å². The summed E-state index contributed by atoms with van der Waals surface area (Å²) in [4.78, 5) is 25.2. The van der Waals surface area contributed by atoms with Crippen molar-refractivity contribution in [1.29, 1.82) is 0 Å². The summed E-state index contributed by atoms with van der Waals surface area (Å²) < 4.78 is 0. The Hall–Kier alpha value is -1.10. The minimum atomic E-state index is -0.334. The molecule has 0 radical (unpaired) electrons. The van der Waals surface area contributed by atoms with Gasteiger partial charge in [0.1, 0.15) is 0 Å². The molecule has 5 nitrogen and oxygen atoms in total. The fraction of sp³-hybridized carbons (Fsp3) is 0.846. The van der Waals surface area contributed by atoms with Gasteiger partial charge in [-0.05, 0) is 12.8 Å². The van der Waals surface area contributed by atoms with Gasteiger partial charge in [0.05, 0.1) is 6.54 Å². The maximum Gasteiger partial charge on any atom is 0.233 e. The third-order valence-corrected chi connectivity index (χ3v) is 3.25. The zero-order valence-electron chi connectivity index (χ0n) is 11.9. The van der Waals surface area contributed by atoms with E-state index in [1.54, 1.807) is 7.05 Å².